The second-order valence-electron chi connectivity index (χ2n) is 5.92. The summed E-state index contributed by atoms with van der Waals surface area (Å²) in [4.78, 5) is 19.6. The predicted molar refractivity (Wildman–Crippen MR) is 77.9 cm³/mol. The Hall–Kier alpha value is -1.18. The maximum atomic E-state index is 11.9. The molecule has 1 saturated heterocycles. The van der Waals surface area contributed by atoms with E-state index in [-0.39, 0.29) is 12.5 Å². The smallest absolute Gasteiger partial charge is 0.269 e. The van der Waals surface area contributed by atoms with Gasteiger partial charge in [-0.1, -0.05) is 12.1 Å². The van der Waals surface area contributed by atoms with Crippen molar-refractivity contribution in [2.45, 2.75) is 44.3 Å². The highest BCUT2D eigenvalue weighted by Gasteiger charge is 2.44. The van der Waals surface area contributed by atoms with Gasteiger partial charge < -0.3 is 20.4 Å². The van der Waals surface area contributed by atoms with Crippen molar-refractivity contribution in [1.29, 1.82) is 0 Å². The van der Waals surface area contributed by atoms with Crippen molar-refractivity contribution < 1.29 is 19.8 Å². The molecule has 1 spiro atoms. The van der Waals surface area contributed by atoms with Crippen LogP contribution in [0.25, 0.3) is 0 Å². The van der Waals surface area contributed by atoms with Crippen LogP contribution in [0.3, 0.4) is 0 Å². The summed E-state index contributed by atoms with van der Waals surface area (Å²) in [5, 5.41) is 25.3. The molecular weight excluding hydrogens is 274 g/mol. The second kappa shape index (κ2) is 7.20. The van der Waals surface area contributed by atoms with Crippen LogP contribution in [0.5, 0.6) is 0 Å². The number of hydrogen-bond donors (Lipinski definition) is 3. The van der Waals surface area contributed by atoms with Crippen molar-refractivity contribution in [1.82, 2.24) is 10.2 Å². The Morgan fingerprint density at radius 2 is 2.43 bits per heavy atom. The zero-order valence-electron chi connectivity index (χ0n) is 12.5. The van der Waals surface area contributed by atoms with E-state index in [2.05, 4.69) is 15.4 Å². The number of β-amino-alcohol motifs (C(OH)–C–C–N with tert-alkyl or cyclic N) is 1. The number of likely N-dealkylation sites (tertiary alicyclic amines) is 1. The second-order valence-corrected chi connectivity index (χ2v) is 5.92. The van der Waals surface area contributed by atoms with E-state index in [1.807, 2.05) is 6.92 Å². The van der Waals surface area contributed by atoms with E-state index in [0.29, 0.717) is 31.8 Å². The first kappa shape index (κ1) is 16.2. The fraction of sp³-hybridized carbons (Fsp3) is 0.857. The number of nitrogens with zero attached hydrogens (tertiary/aromatic N) is 2. The molecule has 1 amide bonds. The lowest BCUT2D eigenvalue weighted by molar-refractivity contribution is -0.114. The molecule has 1 fully saturated rings. The van der Waals surface area contributed by atoms with Gasteiger partial charge in [0.05, 0.1) is 12.7 Å². The zero-order chi connectivity index (χ0) is 15.3. The molecule has 7 heteroatoms. The molecule has 2 rings (SSSR count). The Labute approximate surface area is 124 Å². The summed E-state index contributed by atoms with van der Waals surface area (Å²) in [6, 6.07) is 0. The van der Waals surface area contributed by atoms with Gasteiger partial charge in [-0.05, 0) is 25.8 Å². The predicted octanol–water partition coefficient (Wildman–Crippen LogP) is -0.523. The molecule has 2 aliphatic heterocycles. The normalized spacial score (nSPS) is 27.3. The zero-order valence-corrected chi connectivity index (χ0v) is 12.5. The average molecular weight is 299 g/mol. The minimum atomic E-state index is -0.741. The van der Waals surface area contributed by atoms with Crippen molar-refractivity contribution in [3.05, 3.63) is 0 Å². The summed E-state index contributed by atoms with van der Waals surface area (Å²) in [5.74, 6) is -0.152. The quantitative estimate of drug-likeness (QED) is 0.613. The lowest BCUT2D eigenvalue weighted by Gasteiger charge is -2.38. The van der Waals surface area contributed by atoms with Gasteiger partial charge in [-0.15, -0.1) is 0 Å². The van der Waals surface area contributed by atoms with Crippen LogP contribution in [0.4, 0.5) is 0 Å². The monoisotopic (exact) mass is 299 g/mol. The van der Waals surface area contributed by atoms with Gasteiger partial charge in [0.25, 0.3) is 5.91 Å². The van der Waals surface area contributed by atoms with Crippen molar-refractivity contribution in [2.24, 2.45) is 5.16 Å². The molecule has 0 saturated carbocycles. The van der Waals surface area contributed by atoms with Gasteiger partial charge in [-0.3, -0.25) is 9.69 Å². The highest BCUT2D eigenvalue weighted by atomic mass is 16.7. The lowest BCUT2D eigenvalue weighted by Crippen LogP contribution is -2.51. The van der Waals surface area contributed by atoms with E-state index in [1.165, 1.54) is 0 Å². The number of nitrogens with one attached hydrogen (secondary N) is 1. The first-order chi connectivity index (χ1) is 10.1. The third kappa shape index (κ3) is 4.15. The third-order valence-corrected chi connectivity index (χ3v) is 3.93. The molecule has 0 bridgehead atoms. The van der Waals surface area contributed by atoms with E-state index in [9.17, 15) is 9.90 Å². The third-order valence-electron chi connectivity index (χ3n) is 3.93. The minimum Gasteiger partial charge on any atom is -0.394 e. The molecule has 120 valence electrons. The van der Waals surface area contributed by atoms with Gasteiger partial charge in [-0.25, -0.2) is 0 Å². The number of aliphatic hydroxyl groups excluding tert-OH is 2. The fourth-order valence-corrected chi connectivity index (χ4v) is 2.90. The standard InChI is InChI=1S/C14H25N3O4/c1-2-5-15-13(20)12-7-14(21-16-12)4-3-6-17(10-14)8-11(19)9-18/h11,18-19H,2-10H2,1H3,(H,15,20)/t11-,14+/m1/s1. The van der Waals surface area contributed by atoms with E-state index >= 15 is 0 Å². The van der Waals surface area contributed by atoms with Gasteiger partial charge >= 0.3 is 0 Å². The lowest BCUT2D eigenvalue weighted by atomic mass is 9.88. The molecule has 21 heavy (non-hydrogen) atoms. The van der Waals surface area contributed by atoms with Gasteiger partial charge in [0, 0.05) is 26.1 Å². The molecule has 0 radical (unpaired) electrons. The number of aliphatic hydroxyl groups is 2. The van der Waals surface area contributed by atoms with Crippen molar-refractivity contribution in [2.75, 3.05) is 32.8 Å². The first-order valence-corrected chi connectivity index (χ1v) is 7.63. The molecular formula is C14H25N3O4. The Kier molecular flexibility index (Phi) is 5.55. The maximum absolute atomic E-state index is 11.9. The highest BCUT2D eigenvalue weighted by molar-refractivity contribution is 6.39. The molecule has 2 aliphatic rings. The van der Waals surface area contributed by atoms with Gasteiger partial charge in [0.1, 0.15) is 5.71 Å². The molecule has 0 aliphatic carbocycles. The molecule has 3 N–H and O–H groups in total. The van der Waals surface area contributed by atoms with Gasteiger partial charge in [0.2, 0.25) is 0 Å². The number of carbonyl (C=O) groups is 1. The molecule has 0 unspecified atom stereocenters. The minimum absolute atomic E-state index is 0.152. The molecule has 0 aromatic heterocycles. The van der Waals surface area contributed by atoms with Crippen molar-refractivity contribution in [3.63, 3.8) is 0 Å². The summed E-state index contributed by atoms with van der Waals surface area (Å²) in [7, 11) is 0. The van der Waals surface area contributed by atoms with E-state index in [0.717, 1.165) is 25.8 Å². The van der Waals surface area contributed by atoms with Crippen LogP contribution in [-0.4, -0.2) is 71.2 Å². The Bertz CT molecular complexity index is 402. The number of carbonyl (C=O) groups excluding carboxylic acids is 1. The molecule has 2 heterocycles. The Morgan fingerprint density at radius 3 is 3.14 bits per heavy atom. The average Bonchev–Trinajstić information content (AvgIpc) is 2.88. The van der Waals surface area contributed by atoms with Crippen LogP contribution in [0.15, 0.2) is 5.16 Å². The molecule has 0 aromatic carbocycles. The van der Waals surface area contributed by atoms with Crippen LogP contribution >= 0.6 is 0 Å². The van der Waals surface area contributed by atoms with Crippen LogP contribution in [0.1, 0.15) is 32.6 Å². The topological polar surface area (TPSA) is 94.4 Å². The SMILES string of the molecule is CCCNC(=O)C1=NO[C@@]2(CCCN(C[C@@H](O)CO)C2)C1. The van der Waals surface area contributed by atoms with E-state index < -0.39 is 11.7 Å². The van der Waals surface area contributed by atoms with E-state index in [4.69, 9.17) is 9.94 Å². The molecule has 2 atom stereocenters. The summed E-state index contributed by atoms with van der Waals surface area (Å²) in [6.07, 6.45) is 2.44. The summed E-state index contributed by atoms with van der Waals surface area (Å²) in [5.41, 5.74) is -0.000212. The first-order valence-electron chi connectivity index (χ1n) is 7.63. The summed E-state index contributed by atoms with van der Waals surface area (Å²) >= 11 is 0. The Balaban J connectivity index is 1.88. The van der Waals surface area contributed by atoms with Crippen LogP contribution in [0, 0.1) is 0 Å². The summed E-state index contributed by atoms with van der Waals surface area (Å²) in [6.45, 7) is 4.29. The number of rotatable bonds is 6. The van der Waals surface area contributed by atoms with Crippen LogP contribution in [0.2, 0.25) is 0 Å². The number of oxime groups is 1. The number of hydrogen-bond acceptors (Lipinski definition) is 6. The van der Waals surface area contributed by atoms with Crippen molar-refractivity contribution >= 4 is 11.6 Å². The number of piperidine rings is 1. The van der Waals surface area contributed by atoms with Crippen LogP contribution < -0.4 is 5.32 Å². The largest absolute Gasteiger partial charge is 0.394 e. The van der Waals surface area contributed by atoms with Gasteiger partial charge in [-0.2, -0.15) is 0 Å². The van der Waals surface area contributed by atoms with Crippen molar-refractivity contribution in [3.8, 4) is 0 Å². The molecule has 7 nitrogen and oxygen atoms in total. The van der Waals surface area contributed by atoms with Crippen LogP contribution in [-0.2, 0) is 9.63 Å². The number of amides is 1. The summed E-state index contributed by atoms with van der Waals surface area (Å²) < 4.78 is 0. The fourth-order valence-electron chi connectivity index (χ4n) is 2.90. The Morgan fingerprint density at radius 1 is 1.62 bits per heavy atom. The maximum Gasteiger partial charge on any atom is 0.269 e. The highest BCUT2D eigenvalue weighted by Crippen LogP contribution is 2.33. The van der Waals surface area contributed by atoms with Gasteiger partial charge in [0.15, 0.2) is 5.60 Å². The van der Waals surface area contributed by atoms with E-state index in [1.54, 1.807) is 0 Å². The molecule has 0 aromatic rings.